The first-order chi connectivity index (χ1) is 14.0. The van der Waals surface area contributed by atoms with Gasteiger partial charge in [-0.25, -0.2) is 13.1 Å². The summed E-state index contributed by atoms with van der Waals surface area (Å²) >= 11 is 0. The highest BCUT2D eigenvalue weighted by atomic mass is 32.2. The first-order valence-electron chi connectivity index (χ1n) is 11.4. The van der Waals surface area contributed by atoms with Crippen molar-refractivity contribution in [2.24, 2.45) is 16.8 Å². The summed E-state index contributed by atoms with van der Waals surface area (Å²) in [6.07, 6.45) is 6.86. The van der Waals surface area contributed by atoms with Gasteiger partial charge in [0.2, 0.25) is 10.0 Å². The fourth-order valence-corrected chi connectivity index (χ4v) is 5.12. The summed E-state index contributed by atoms with van der Waals surface area (Å²) in [5.41, 5.74) is 0. The molecule has 0 aromatic heterocycles. The Balaban J connectivity index is 1.37. The van der Waals surface area contributed by atoms with E-state index in [-0.39, 0.29) is 12.3 Å². The third-order valence-electron chi connectivity index (χ3n) is 6.26. The van der Waals surface area contributed by atoms with Gasteiger partial charge in [-0.1, -0.05) is 6.42 Å². The summed E-state index contributed by atoms with van der Waals surface area (Å²) < 4.78 is 32.5. The molecule has 0 radical (unpaired) electrons. The Labute approximate surface area is 176 Å². The number of hydrogen-bond acceptors (Lipinski definition) is 5. The van der Waals surface area contributed by atoms with Crippen LogP contribution in [0.2, 0.25) is 0 Å². The van der Waals surface area contributed by atoms with E-state index in [0.29, 0.717) is 24.4 Å². The Bertz CT molecular complexity index is 610. The predicted molar refractivity (Wildman–Crippen MR) is 117 cm³/mol. The minimum absolute atomic E-state index is 0.0399. The normalized spacial score (nSPS) is 25.1. The number of nitrogens with zero attached hydrogens (tertiary/aromatic N) is 2. The Kier molecular flexibility index (Phi) is 9.02. The van der Waals surface area contributed by atoms with E-state index in [4.69, 9.17) is 4.74 Å². The lowest BCUT2D eigenvalue weighted by Crippen LogP contribution is -2.49. The summed E-state index contributed by atoms with van der Waals surface area (Å²) in [6, 6.07) is 0.386. The van der Waals surface area contributed by atoms with Crippen LogP contribution in [0, 0.1) is 11.8 Å². The summed E-state index contributed by atoms with van der Waals surface area (Å²) in [7, 11) is -3.24. The SMILES string of the molecule is CCNC(=NCCS(=O)(=O)NCC1CCC1)NC1CCN(CC2CCOC2)CC1. The number of ether oxygens (including phenoxy) is 1. The molecule has 0 aromatic rings. The quantitative estimate of drug-likeness (QED) is 0.351. The minimum atomic E-state index is -3.24. The van der Waals surface area contributed by atoms with E-state index in [1.54, 1.807) is 0 Å². The van der Waals surface area contributed by atoms with E-state index in [1.165, 1.54) is 12.8 Å². The zero-order chi connectivity index (χ0) is 20.5. The average molecular weight is 430 g/mol. The molecule has 2 aliphatic heterocycles. The van der Waals surface area contributed by atoms with Crippen molar-refractivity contribution in [3.8, 4) is 0 Å². The second-order valence-corrected chi connectivity index (χ2v) is 10.6. The van der Waals surface area contributed by atoms with Gasteiger partial charge in [-0.15, -0.1) is 0 Å². The molecule has 3 N–H and O–H groups in total. The van der Waals surface area contributed by atoms with E-state index >= 15 is 0 Å². The molecule has 1 atom stereocenters. The van der Waals surface area contributed by atoms with E-state index in [0.717, 1.165) is 71.0 Å². The molecule has 0 aromatic carbocycles. The van der Waals surface area contributed by atoms with Gasteiger partial charge in [0.1, 0.15) is 0 Å². The largest absolute Gasteiger partial charge is 0.381 e. The number of aliphatic imine (C=N–C) groups is 1. The molecule has 2 saturated heterocycles. The summed E-state index contributed by atoms with van der Waals surface area (Å²) in [5.74, 6) is 1.99. The average Bonchev–Trinajstić information content (AvgIpc) is 3.15. The van der Waals surface area contributed by atoms with Gasteiger partial charge in [0.25, 0.3) is 0 Å². The van der Waals surface area contributed by atoms with Crippen molar-refractivity contribution < 1.29 is 13.2 Å². The molecule has 168 valence electrons. The number of guanidine groups is 1. The van der Waals surface area contributed by atoms with Crippen molar-refractivity contribution in [1.82, 2.24) is 20.3 Å². The van der Waals surface area contributed by atoms with Gasteiger partial charge in [0.15, 0.2) is 5.96 Å². The zero-order valence-corrected chi connectivity index (χ0v) is 18.7. The number of piperidine rings is 1. The highest BCUT2D eigenvalue weighted by Gasteiger charge is 2.24. The van der Waals surface area contributed by atoms with Crippen molar-refractivity contribution >= 4 is 16.0 Å². The maximum atomic E-state index is 12.1. The molecule has 0 spiro atoms. The molecule has 9 heteroatoms. The third-order valence-corrected chi connectivity index (χ3v) is 7.59. The highest BCUT2D eigenvalue weighted by molar-refractivity contribution is 7.89. The van der Waals surface area contributed by atoms with Gasteiger partial charge >= 0.3 is 0 Å². The fourth-order valence-electron chi connectivity index (χ4n) is 4.16. The van der Waals surface area contributed by atoms with Crippen molar-refractivity contribution in [2.45, 2.75) is 51.5 Å². The van der Waals surface area contributed by atoms with Gasteiger partial charge in [0.05, 0.1) is 18.9 Å². The zero-order valence-electron chi connectivity index (χ0n) is 17.9. The highest BCUT2D eigenvalue weighted by Crippen LogP contribution is 2.25. The smallest absolute Gasteiger partial charge is 0.213 e. The molecule has 1 unspecified atom stereocenters. The van der Waals surface area contributed by atoms with Crippen LogP contribution in [0.5, 0.6) is 0 Å². The van der Waals surface area contributed by atoms with Gasteiger partial charge in [-0.3, -0.25) is 4.99 Å². The minimum Gasteiger partial charge on any atom is -0.381 e. The van der Waals surface area contributed by atoms with E-state index < -0.39 is 10.0 Å². The second kappa shape index (κ2) is 11.5. The molecule has 1 aliphatic carbocycles. The van der Waals surface area contributed by atoms with Gasteiger partial charge < -0.3 is 20.3 Å². The second-order valence-electron chi connectivity index (χ2n) is 8.67. The van der Waals surface area contributed by atoms with Crippen LogP contribution in [-0.2, 0) is 14.8 Å². The number of rotatable bonds is 10. The van der Waals surface area contributed by atoms with Gasteiger partial charge in [0, 0.05) is 45.4 Å². The maximum Gasteiger partial charge on any atom is 0.213 e. The van der Waals surface area contributed by atoms with Crippen LogP contribution in [0.4, 0.5) is 0 Å². The monoisotopic (exact) mass is 429 g/mol. The van der Waals surface area contributed by atoms with Crippen LogP contribution in [0.15, 0.2) is 4.99 Å². The lowest BCUT2D eigenvalue weighted by atomic mass is 9.86. The summed E-state index contributed by atoms with van der Waals surface area (Å²) in [4.78, 5) is 7.04. The Morgan fingerprint density at radius 1 is 1.14 bits per heavy atom. The van der Waals surface area contributed by atoms with Crippen LogP contribution < -0.4 is 15.4 Å². The topological polar surface area (TPSA) is 95.1 Å². The maximum absolute atomic E-state index is 12.1. The molecule has 2 heterocycles. The fraction of sp³-hybridized carbons (Fsp3) is 0.950. The Morgan fingerprint density at radius 3 is 2.55 bits per heavy atom. The van der Waals surface area contributed by atoms with Crippen LogP contribution in [0.1, 0.15) is 45.4 Å². The molecule has 29 heavy (non-hydrogen) atoms. The van der Waals surface area contributed by atoms with E-state index in [1.807, 2.05) is 6.92 Å². The Morgan fingerprint density at radius 2 is 1.93 bits per heavy atom. The molecular formula is C20H39N5O3S. The lowest BCUT2D eigenvalue weighted by molar-refractivity contribution is 0.150. The van der Waals surface area contributed by atoms with Crippen molar-refractivity contribution in [1.29, 1.82) is 0 Å². The van der Waals surface area contributed by atoms with Crippen molar-refractivity contribution in [2.75, 3.05) is 58.2 Å². The van der Waals surface area contributed by atoms with Crippen LogP contribution in [-0.4, -0.2) is 83.6 Å². The van der Waals surface area contributed by atoms with Gasteiger partial charge in [-0.05, 0) is 50.9 Å². The van der Waals surface area contributed by atoms with Crippen molar-refractivity contribution in [3.05, 3.63) is 0 Å². The molecular weight excluding hydrogens is 390 g/mol. The van der Waals surface area contributed by atoms with Crippen molar-refractivity contribution in [3.63, 3.8) is 0 Å². The van der Waals surface area contributed by atoms with E-state index in [9.17, 15) is 8.42 Å². The van der Waals surface area contributed by atoms with Crippen LogP contribution >= 0.6 is 0 Å². The molecule has 0 amide bonds. The summed E-state index contributed by atoms with van der Waals surface area (Å²) in [6.45, 7) is 8.79. The molecule has 0 bridgehead atoms. The number of nitrogens with one attached hydrogen (secondary N) is 3. The number of likely N-dealkylation sites (tertiary alicyclic amines) is 1. The molecule has 8 nitrogen and oxygen atoms in total. The first-order valence-corrected chi connectivity index (χ1v) is 13.0. The van der Waals surface area contributed by atoms with E-state index in [2.05, 4.69) is 25.2 Å². The summed E-state index contributed by atoms with van der Waals surface area (Å²) in [5, 5.41) is 6.75. The standard InChI is InChI=1S/C20H39N5O3S/c1-2-21-20(22-9-13-29(26,27)23-14-17-4-3-5-17)24-19-6-10-25(11-7-19)15-18-8-12-28-16-18/h17-19,23H,2-16H2,1H3,(H2,21,22,24). The first kappa shape index (κ1) is 22.8. The van der Waals surface area contributed by atoms with Crippen LogP contribution in [0.3, 0.4) is 0 Å². The lowest BCUT2D eigenvalue weighted by Gasteiger charge is -2.34. The Hall–Kier alpha value is -0.900. The van der Waals surface area contributed by atoms with Gasteiger partial charge in [-0.2, -0.15) is 0 Å². The number of hydrogen-bond donors (Lipinski definition) is 3. The third kappa shape index (κ3) is 8.03. The molecule has 3 rings (SSSR count). The molecule has 1 saturated carbocycles. The number of sulfonamides is 1. The predicted octanol–water partition coefficient (Wildman–Crippen LogP) is 0.762. The molecule has 3 aliphatic rings. The van der Waals surface area contributed by atoms with Crippen LogP contribution in [0.25, 0.3) is 0 Å². The molecule has 3 fully saturated rings.